The topological polar surface area (TPSA) is 63.4 Å². The summed E-state index contributed by atoms with van der Waals surface area (Å²) < 4.78 is 0. The fourth-order valence-corrected chi connectivity index (χ4v) is 1.90. The maximum Gasteiger partial charge on any atom is 0.272 e. The molecule has 0 heterocycles. The molecule has 0 aliphatic rings. The Morgan fingerprint density at radius 2 is 2.21 bits per heavy atom. The van der Waals surface area contributed by atoms with Crippen molar-refractivity contribution in [2.45, 2.75) is 18.4 Å². The molecule has 0 fully saturated rings. The van der Waals surface area contributed by atoms with Gasteiger partial charge in [0.1, 0.15) is 0 Å². The molecule has 0 unspecified atom stereocenters. The molecular weight excluding hydrogens is 202 g/mol. The van der Waals surface area contributed by atoms with Crippen molar-refractivity contribution in [1.29, 1.82) is 0 Å². The van der Waals surface area contributed by atoms with Gasteiger partial charge in [-0.2, -0.15) is 0 Å². The highest BCUT2D eigenvalue weighted by Gasteiger charge is 2.14. The minimum atomic E-state index is -0.432. The predicted molar refractivity (Wildman–Crippen MR) is 55.5 cm³/mol. The molecule has 14 heavy (non-hydrogen) atoms. The first-order valence-electron chi connectivity index (χ1n) is 4.03. The highest BCUT2D eigenvalue weighted by atomic mass is 32.2. The number of nitro groups is 1. The summed E-state index contributed by atoms with van der Waals surface area (Å²) in [5, 5.41) is 19.6. The molecule has 0 aliphatic heterocycles. The average Bonchev–Trinajstić information content (AvgIpc) is 2.16. The lowest BCUT2D eigenvalue weighted by Gasteiger charge is -2.06. The Bertz CT molecular complexity index is 365. The molecule has 76 valence electrons. The number of hydrogen-bond acceptors (Lipinski definition) is 4. The summed E-state index contributed by atoms with van der Waals surface area (Å²) in [4.78, 5) is 11.1. The molecule has 1 aromatic rings. The number of aliphatic hydroxyl groups is 1. The van der Waals surface area contributed by atoms with Gasteiger partial charge >= 0.3 is 0 Å². The van der Waals surface area contributed by atoms with Crippen LogP contribution in [-0.2, 0) is 6.61 Å². The smallest absolute Gasteiger partial charge is 0.272 e. The second-order valence-electron chi connectivity index (χ2n) is 2.87. The van der Waals surface area contributed by atoms with E-state index in [9.17, 15) is 10.1 Å². The van der Waals surface area contributed by atoms with E-state index in [0.29, 0.717) is 11.1 Å². The summed E-state index contributed by atoms with van der Waals surface area (Å²) in [5.41, 5.74) is 1.29. The summed E-state index contributed by atoms with van der Waals surface area (Å²) in [6.45, 7) is 1.52. The number of aliphatic hydroxyl groups excluding tert-OH is 1. The van der Waals surface area contributed by atoms with Crippen LogP contribution in [0.15, 0.2) is 17.0 Å². The molecule has 0 bridgehead atoms. The molecule has 0 saturated carbocycles. The molecule has 0 aliphatic carbocycles. The Morgan fingerprint density at radius 3 is 2.64 bits per heavy atom. The summed E-state index contributed by atoms with van der Waals surface area (Å²) in [6, 6.07) is 3.16. The van der Waals surface area contributed by atoms with E-state index in [1.54, 1.807) is 13.0 Å². The maximum atomic E-state index is 10.6. The lowest BCUT2D eigenvalue weighted by atomic mass is 10.1. The summed E-state index contributed by atoms with van der Waals surface area (Å²) in [7, 11) is 0. The second-order valence-corrected chi connectivity index (χ2v) is 3.71. The largest absolute Gasteiger partial charge is 0.392 e. The number of thioether (sulfide) groups is 1. The van der Waals surface area contributed by atoms with Crippen molar-refractivity contribution in [3.05, 3.63) is 33.4 Å². The van der Waals surface area contributed by atoms with E-state index in [-0.39, 0.29) is 12.3 Å². The van der Waals surface area contributed by atoms with E-state index in [1.807, 2.05) is 6.26 Å². The summed E-state index contributed by atoms with van der Waals surface area (Å²) in [6.07, 6.45) is 1.87. The molecule has 0 aromatic heterocycles. The van der Waals surface area contributed by atoms with E-state index in [4.69, 9.17) is 5.11 Å². The van der Waals surface area contributed by atoms with Crippen molar-refractivity contribution in [2.24, 2.45) is 0 Å². The average molecular weight is 213 g/mol. The first kappa shape index (κ1) is 11.0. The maximum absolute atomic E-state index is 10.6. The summed E-state index contributed by atoms with van der Waals surface area (Å²) in [5.74, 6) is 0. The van der Waals surface area contributed by atoms with Crippen LogP contribution in [0.25, 0.3) is 0 Å². The first-order valence-corrected chi connectivity index (χ1v) is 5.25. The SMILES string of the molecule is CSc1cc(C)c([N+](=O)[O-])cc1CO. The highest BCUT2D eigenvalue weighted by molar-refractivity contribution is 7.98. The van der Waals surface area contributed by atoms with Crippen LogP contribution in [0, 0.1) is 17.0 Å². The van der Waals surface area contributed by atoms with Crippen molar-refractivity contribution in [1.82, 2.24) is 0 Å². The standard InChI is InChI=1S/C9H11NO3S/c1-6-3-9(14-2)7(5-11)4-8(6)10(12)13/h3-4,11H,5H2,1-2H3. The summed E-state index contributed by atoms with van der Waals surface area (Å²) >= 11 is 1.47. The van der Waals surface area contributed by atoms with Crippen LogP contribution in [-0.4, -0.2) is 16.3 Å². The predicted octanol–water partition coefficient (Wildman–Crippen LogP) is 2.12. The zero-order valence-corrected chi connectivity index (χ0v) is 8.80. The minimum Gasteiger partial charge on any atom is -0.392 e. The zero-order chi connectivity index (χ0) is 10.7. The van der Waals surface area contributed by atoms with Crippen molar-refractivity contribution < 1.29 is 10.0 Å². The third kappa shape index (κ3) is 2.05. The minimum absolute atomic E-state index is 0.0619. The van der Waals surface area contributed by atoms with Crippen LogP contribution < -0.4 is 0 Å². The van der Waals surface area contributed by atoms with E-state index in [2.05, 4.69) is 0 Å². The van der Waals surface area contributed by atoms with Gasteiger partial charge in [0, 0.05) is 16.5 Å². The Balaban J connectivity index is 3.30. The van der Waals surface area contributed by atoms with E-state index in [1.165, 1.54) is 17.8 Å². The van der Waals surface area contributed by atoms with Crippen molar-refractivity contribution in [2.75, 3.05) is 6.26 Å². The Hall–Kier alpha value is -1.07. The highest BCUT2D eigenvalue weighted by Crippen LogP contribution is 2.28. The third-order valence-corrected chi connectivity index (χ3v) is 2.79. The molecule has 0 atom stereocenters. The van der Waals surface area contributed by atoms with Crippen LogP contribution in [0.2, 0.25) is 0 Å². The van der Waals surface area contributed by atoms with Gasteiger partial charge in [-0.05, 0) is 24.8 Å². The lowest BCUT2D eigenvalue weighted by molar-refractivity contribution is -0.385. The van der Waals surface area contributed by atoms with Crippen molar-refractivity contribution in [3.8, 4) is 0 Å². The van der Waals surface area contributed by atoms with Gasteiger partial charge in [-0.25, -0.2) is 0 Å². The Kier molecular flexibility index (Phi) is 3.49. The number of rotatable bonds is 3. The van der Waals surface area contributed by atoms with Crippen LogP contribution in [0.5, 0.6) is 0 Å². The van der Waals surface area contributed by atoms with Crippen molar-refractivity contribution in [3.63, 3.8) is 0 Å². The quantitative estimate of drug-likeness (QED) is 0.474. The molecule has 5 heteroatoms. The van der Waals surface area contributed by atoms with E-state index >= 15 is 0 Å². The van der Waals surface area contributed by atoms with E-state index in [0.717, 1.165) is 4.90 Å². The van der Waals surface area contributed by atoms with Gasteiger partial charge in [0.15, 0.2) is 0 Å². The molecule has 4 nitrogen and oxygen atoms in total. The molecule has 1 rings (SSSR count). The zero-order valence-electron chi connectivity index (χ0n) is 7.98. The van der Waals surface area contributed by atoms with Crippen LogP contribution >= 0.6 is 11.8 Å². The molecule has 1 aromatic carbocycles. The Labute approximate surface area is 86.1 Å². The van der Waals surface area contributed by atoms with Gasteiger partial charge < -0.3 is 5.11 Å². The molecule has 0 spiro atoms. The number of nitrogens with zero attached hydrogens (tertiary/aromatic N) is 1. The van der Waals surface area contributed by atoms with Crippen LogP contribution in [0.1, 0.15) is 11.1 Å². The third-order valence-electron chi connectivity index (χ3n) is 1.97. The number of aryl methyl sites for hydroxylation is 1. The van der Waals surface area contributed by atoms with E-state index < -0.39 is 4.92 Å². The van der Waals surface area contributed by atoms with Gasteiger partial charge in [0.05, 0.1) is 11.5 Å². The van der Waals surface area contributed by atoms with Crippen LogP contribution in [0.3, 0.4) is 0 Å². The molecule has 0 radical (unpaired) electrons. The Morgan fingerprint density at radius 1 is 1.57 bits per heavy atom. The molecule has 0 amide bonds. The monoisotopic (exact) mass is 213 g/mol. The van der Waals surface area contributed by atoms with Gasteiger partial charge in [-0.1, -0.05) is 0 Å². The van der Waals surface area contributed by atoms with Gasteiger partial charge in [0.25, 0.3) is 5.69 Å². The number of nitro benzene ring substituents is 1. The molecular formula is C9H11NO3S. The lowest BCUT2D eigenvalue weighted by Crippen LogP contribution is -1.96. The van der Waals surface area contributed by atoms with Gasteiger partial charge in [-0.3, -0.25) is 10.1 Å². The fourth-order valence-electron chi connectivity index (χ4n) is 1.22. The number of benzene rings is 1. The second kappa shape index (κ2) is 4.43. The van der Waals surface area contributed by atoms with Gasteiger partial charge in [-0.15, -0.1) is 11.8 Å². The molecule has 0 saturated heterocycles. The van der Waals surface area contributed by atoms with Gasteiger partial charge in [0.2, 0.25) is 0 Å². The van der Waals surface area contributed by atoms with Crippen LogP contribution in [0.4, 0.5) is 5.69 Å². The number of hydrogen-bond donors (Lipinski definition) is 1. The molecule has 1 N–H and O–H groups in total. The van der Waals surface area contributed by atoms with Crippen molar-refractivity contribution >= 4 is 17.4 Å². The fraction of sp³-hybridized carbons (Fsp3) is 0.333. The normalized spacial score (nSPS) is 10.2. The first-order chi connectivity index (χ1) is 6.60.